The van der Waals surface area contributed by atoms with Crippen LogP contribution in [0.1, 0.15) is 43.8 Å². The maximum Gasteiger partial charge on any atom is 0.151 e. The highest BCUT2D eigenvalue weighted by Gasteiger charge is 2.34. The van der Waals surface area contributed by atoms with Gasteiger partial charge in [-0.25, -0.2) is 0 Å². The van der Waals surface area contributed by atoms with Crippen LogP contribution in [0.5, 0.6) is 0 Å². The number of aromatic nitrogens is 4. The van der Waals surface area contributed by atoms with Gasteiger partial charge in [-0.3, -0.25) is 9.58 Å². The van der Waals surface area contributed by atoms with E-state index in [0.717, 1.165) is 44.2 Å². The average Bonchev–Trinajstić information content (AvgIpc) is 2.96. The molecule has 1 unspecified atom stereocenters. The SMILES string of the molecule is CN(CC1OCCc2c1cnn2C)C1CN(c2ccc(C(C)(C)C)nn2)C1. The Bertz CT molecular complexity index is 788. The molecule has 1 saturated heterocycles. The second-order valence-electron chi connectivity index (χ2n) is 8.80. The Balaban J connectivity index is 1.33. The summed E-state index contributed by atoms with van der Waals surface area (Å²) < 4.78 is 8.01. The van der Waals surface area contributed by atoms with E-state index in [1.807, 2.05) is 17.9 Å². The Labute approximate surface area is 161 Å². The molecule has 4 heterocycles. The Hall–Kier alpha value is -1.99. The Morgan fingerprint density at radius 1 is 1.22 bits per heavy atom. The first kappa shape index (κ1) is 18.4. The molecule has 0 amide bonds. The van der Waals surface area contributed by atoms with Gasteiger partial charge in [-0.05, 0) is 19.2 Å². The van der Waals surface area contributed by atoms with Crippen molar-refractivity contribution < 1.29 is 4.74 Å². The fourth-order valence-corrected chi connectivity index (χ4v) is 3.82. The summed E-state index contributed by atoms with van der Waals surface area (Å²) in [7, 11) is 4.20. The number of rotatable bonds is 4. The van der Waals surface area contributed by atoms with E-state index in [-0.39, 0.29) is 11.5 Å². The van der Waals surface area contributed by atoms with E-state index in [1.54, 1.807) is 0 Å². The summed E-state index contributed by atoms with van der Waals surface area (Å²) in [6.07, 6.45) is 3.03. The minimum Gasteiger partial charge on any atom is -0.372 e. The predicted molar refractivity (Wildman–Crippen MR) is 105 cm³/mol. The van der Waals surface area contributed by atoms with Crippen LogP contribution in [0.2, 0.25) is 0 Å². The van der Waals surface area contributed by atoms with Crippen molar-refractivity contribution in [3.63, 3.8) is 0 Å². The molecule has 0 bridgehead atoms. The zero-order valence-electron chi connectivity index (χ0n) is 17.0. The van der Waals surface area contributed by atoms with Crippen molar-refractivity contribution in [2.75, 3.05) is 38.2 Å². The van der Waals surface area contributed by atoms with Gasteiger partial charge in [0.2, 0.25) is 0 Å². The summed E-state index contributed by atoms with van der Waals surface area (Å²) in [5.41, 5.74) is 3.62. The van der Waals surface area contributed by atoms with Gasteiger partial charge >= 0.3 is 0 Å². The topological polar surface area (TPSA) is 59.3 Å². The van der Waals surface area contributed by atoms with Crippen molar-refractivity contribution in [2.45, 2.75) is 44.8 Å². The van der Waals surface area contributed by atoms with E-state index in [0.29, 0.717) is 6.04 Å². The molecule has 1 atom stereocenters. The monoisotopic (exact) mass is 370 g/mol. The Morgan fingerprint density at radius 2 is 2.00 bits per heavy atom. The van der Waals surface area contributed by atoms with Crippen LogP contribution in [0.15, 0.2) is 18.3 Å². The second kappa shape index (κ2) is 6.87. The molecule has 7 nitrogen and oxygen atoms in total. The van der Waals surface area contributed by atoms with Crippen LogP contribution in [-0.4, -0.2) is 64.2 Å². The maximum atomic E-state index is 6.03. The van der Waals surface area contributed by atoms with Crippen LogP contribution in [0.3, 0.4) is 0 Å². The van der Waals surface area contributed by atoms with Crippen LogP contribution in [-0.2, 0) is 23.6 Å². The summed E-state index contributed by atoms with van der Waals surface area (Å²) >= 11 is 0. The van der Waals surface area contributed by atoms with E-state index in [9.17, 15) is 0 Å². The Kier molecular flexibility index (Phi) is 4.68. The summed E-state index contributed by atoms with van der Waals surface area (Å²) in [5, 5.41) is 13.2. The molecule has 7 heteroatoms. The van der Waals surface area contributed by atoms with Crippen LogP contribution >= 0.6 is 0 Å². The molecule has 0 aromatic carbocycles. The zero-order valence-corrected chi connectivity index (χ0v) is 17.0. The summed E-state index contributed by atoms with van der Waals surface area (Å²) in [6.45, 7) is 10.1. The van der Waals surface area contributed by atoms with Gasteiger partial charge in [0.15, 0.2) is 5.82 Å². The first-order valence-electron chi connectivity index (χ1n) is 9.74. The van der Waals surface area contributed by atoms with Gasteiger partial charge in [0, 0.05) is 55.8 Å². The summed E-state index contributed by atoms with van der Waals surface area (Å²) in [6, 6.07) is 4.70. The first-order chi connectivity index (χ1) is 12.8. The average molecular weight is 371 g/mol. The molecule has 146 valence electrons. The number of fused-ring (bicyclic) bond motifs is 1. The van der Waals surface area contributed by atoms with Crippen molar-refractivity contribution in [2.24, 2.45) is 7.05 Å². The third-order valence-corrected chi connectivity index (χ3v) is 5.78. The van der Waals surface area contributed by atoms with Crippen LogP contribution < -0.4 is 4.90 Å². The van der Waals surface area contributed by atoms with E-state index >= 15 is 0 Å². The molecule has 0 saturated carbocycles. The van der Waals surface area contributed by atoms with E-state index in [1.165, 1.54) is 11.3 Å². The first-order valence-corrected chi connectivity index (χ1v) is 9.74. The molecule has 0 radical (unpaired) electrons. The maximum absolute atomic E-state index is 6.03. The van der Waals surface area contributed by atoms with Crippen molar-refractivity contribution in [1.82, 2.24) is 24.9 Å². The molecule has 27 heavy (non-hydrogen) atoms. The molecule has 0 spiro atoms. The standard InChI is InChI=1S/C20H30N6O/c1-20(2,3)18-6-7-19(23-22-18)26-11-14(12-26)24(4)13-17-15-10-21-25(5)16(15)8-9-27-17/h6-7,10,14,17H,8-9,11-13H2,1-5H3. The van der Waals surface area contributed by atoms with Crippen LogP contribution in [0.25, 0.3) is 0 Å². The normalized spacial score (nSPS) is 20.7. The molecular weight excluding hydrogens is 340 g/mol. The molecule has 0 aliphatic carbocycles. The number of likely N-dealkylation sites (N-methyl/N-ethyl adjacent to an activating group) is 1. The lowest BCUT2D eigenvalue weighted by Gasteiger charge is -2.45. The van der Waals surface area contributed by atoms with E-state index in [2.05, 4.69) is 65.0 Å². The minimum absolute atomic E-state index is 0.0361. The van der Waals surface area contributed by atoms with Crippen molar-refractivity contribution in [1.29, 1.82) is 0 Å². The molecule has 2 aromatic rings. The van der Waals surface area contributed by atoms with Crippen molar-refractivity contribution in [3.8, 4) is 0 Å². The number of hydrogen-bond acceptors (Lipinski definition) is 6. The Morgan fingerprint density at radius 3 is 2.67 bits per heavy atom. The molecule has 0 N–H and O–H groups in total. The molecule has 2 aromatic heterocycles. The number of hydrogen-bond donors (Lipinski definition) is 0. The van der Waals surface area contributed by atoms with Gasteiger partial charge < -0.3 is 9.64 Å². The van der Waals surface area contributed by atoms with Crippen LogP contribution in [0.4, 0.5) is 5.82 Å². The summed E-state index contributed by atoms with van der Waals surface area (Å²) in [4.78, 5) is 4.69. The van der Waals surface area contributed by atoms with Gasteiger partial charge in [0.25, 0.3) is 0 Å². The largest absolute Gasteiger partial charge is 0.372 e. The van der Waals surface area contributed by atoms with Crippen molar-refractivity contribution >= 4 is 5.82 Å². The lowest BCUT2D eigenvalue weighted by Crippen LogP contribution is -2.59. The highest BCUT2D eigenvalue weighted by Crippen LogP contribution is 2.29. The third kappa shape index (κ3) is 3.58. The highest BCUT2D eigenvalue weighted by molar-refractivity contribution is 5.42. The van der Waals surface area contributed by atoms with Gasteiger partial charge in [-0.15, -0.1) is 5.10 Å². The van der Waals surface area contributed by atoms with Crippen LogP contribution in [0, 0.1) is 0 Å². The second-order valence-corrected chi connectivity index (χ2v) is 8.80. The molecular formula is C20H30N6O. The number of nitrogens with zero attached hydrogens (tertiary/aromatic N) is 6. The fraction of sp³-hybridized carbons (Fsp3) is 0.650. The lowest BCUT2D eigenvalue weighted by molar-refractivity contribution is 0.00913. The minimum atomic E-state index is 0.0361. The van der Waals surface area contributed by atoms with Gasteiger partial charge in [-0.1, -0.05) is 20.8 Å². The molecule has 4 rings (SSSR count). The van der Waals surface area contributed by atoms with E-state index in [4.69, 9.17) is 4.74 Å². The highest BCUT2D eigenvalue weighted by atomic mass is 16.5. The number of ether oxygens (including phenoxy) is 1. The van der Waals surface area contributed by atoms with Gasteiger partial charge in [0.1, 0.15) is 0 Å². The third-order valence-electron chi connectivity index (χ3n) is 5.78. The predicted octanol–water partition coefficient (Wildman–Crippen LogP) is 1.94. The quantitative estimate of drug-likeness (QED) is 0.820. The zero-order chi connectivity index (χ0) is 19.2. The summed E-state index contributed by atoms with van der Waals surface area (Å²) in [5.74, 6) is 0.969. The molecule has 2 aliphatic heterocycles. The van der Waals surface area contributed by atoms with Gasteiger partial charge in [0.05, 0.1) is 24.6 Å². The molecule has 2 aliphatic rings. The fourth-order valence-electron chi connectivity index (χ4n) is 3.82. The lowest BCUT2D eigenvalue weighted by atomic mass is 9.92. The van der Waals surface area contributed by atoms with Gasteiger partial charge in [-0.2, -0.15) is 10.2 Å². The molecule has 1 fully saturated rings. The number of anilines is 1. The number of aryl methyl sites for hydroxylation is 1. The van der Waals surface area contributed by atoms with Crippen molar-refractivity contribution in [3.05, 3.63) is 35.3 Å². The smallest absolute Gasteiger partial charge is 0.151 e. The van der Waals surface area contributed by atoms with E-state index < -0.39 is 0 Å².